The van der Waals surface area contributed by atoms with E-state index in [0.29, 0.717) is 17.4 Å². The van der Waals surface area contributed by atoms with Crippen LogP contribution in [0.3, 0.4) is 0 Å². The summed E-state index contributed by atoms with van der Waals surface area (Å²) in [5.41, 5.74) is 2.56. The quantitative estimate of drug-likeness (QED) is 0.704. The zero-order chi connectivity index (χ0) is 19.0. The van der Waals surface area contributed by atoms with Crippen LogP contribution in [0.2, 0.25) is 0 Å². The highest BCUT2D eigenvalue weighted by Crippen LogP contribution is 2.25. The van der Waals surface area contributed by atoms with Crippen molar-refractivity contribution in [2.45, 2.75) is 26.3 Å². The third-order valence-corrected chi connectivity index (χ3v) is 4.78. The second-order valence-electron chi connectivity index (χ2n) is 7.96. The van der Waals surface area contributed by atoms with Crippen molar-refractivity contribution in [3.05, 3.63) is 30.7 Å². The van der Waals surface area contributed by atoms with E-state index < -0.39 is 0 Å². The normalized spacial score (nSPS) is 16.1. The van der Waals surface area contributed by atoms with E-state index in [2.05, 4.69) is 57.8 Å². The lowest BCUT2D eigenvalue weighted by Crippen LogP contribution is -2.44. The van der Waals surface area contributed by atoms with Gasteiger partial charge in [0.1, 0.15) is 5.69 Å². The zero-order valence-corrected chi connectivity index (χ0v) is 16.3. The largest absolute Gasteiger partial charge is 0.369 e. The fraction of sp³-hybridized carbons (Fsp3) is 0.474. The fourth-order valence-corrected chi connectivity index (χ4v) is 3.05. The van der Waals surface area contributed by atoms with Gasteiger partial charge in [-0.1, -0.05) is 5.16 Å². The SMILES string of the molecule is CN1CCN(c2ccnc(-c3noc(-c4cnn(C(C)(C)C)c4)n3)c2)CC1. The smallest absolute Gasteiger partial charge is 0.261 e. The Balaban J connectivity index is 1.57. The van der Waals surface area contributed by atoms with E-state index >= 15 is 0 Å². The highest BCUT2D eigenvalue weighted by molar-refractivity contribution is 5.61. The van der Waals surface area contributed by atoms with E-state index in [0.717, 1.165) is 37.4 Å². The summed E-state index contributed by atoms with van der Waals surface area (Å²) < 4.78 is 7.34. The predicted molar refractivity (Wildman–Crippen MR) is 103 cm³/mol. The molecule has 4 heterocycles. The maximum Gasteiger partial charge on any atom is 0.261 e. The van der Waals surface area contributed by atoms with Crippen LogP contribution < -0.4 is 4.90 Å². The van der Waals surface area contributed by atoms with Gasteiger partial charge in [-0.3, -0.25) is 9.67 Å². The van der Waals surface area contributed by atoms with Crippen molar-refractivity contribution in [3.63, 3.8) is 0 Å². The molecule has 0 bridgehead atoms. The highest BCUT2D eigenvalue weighted by atomic mass is 16.5. The predicted octanol–water partition coefficient (Wildman–Crippen LogP) is 2.50. The first-order valence-electron chi connectivity index (χ1n) is 9.19. The maximum absolute atomic E-state index is 5.46. The van der Waals surface area contributed by atoms with E-state index in [4.69, 9.17) is 4.52 Å². The number of pyridine rings is 1. The average molecular weight is 367 g/mol. The minimum atomic E-state index is -0.0977. The molecule has 1 saturated heterocycles. The molecule has 4 rings (SSSR count). The summed E-state index contributed by atoms with van der Waals surface area (Å²) in [5.74, 6) is 0.941. The molecule has 3 aromatic heterocycles. The Morgan fingerprint density at radius 3 is 2.59 bits per heavy atom. The lowest BCUT2D eigenvalue weighted by atomic mass is 10.1. The van der Waals surface area contributed by atoms with Crippen molar-refractivity contribution in [1.82, 2.24) is 29.8 Å². The molecule has 27 heavy (non-hydrogen) atoms. The van der Waals surface area contributed by atoms with Gasteiger partial charge in [0.05, 0.1) is 17.3 Å². The molecule has 0 aromatic carbocycles. The summed E-state index contributed by atoms with van der Waals surface area (Å²) >= 11 is 0. The third kappa shape index (κ3) is 3.71. The van der Waals surface area contributed by atoms with Crippen LogP contribution in [0.1, 0.15) is 20.8 Å². The molecule has 142 valence electrons. The Kier molecular flexibility index (Phi) is 4.43. The molecule has 3 aromatic rings. The first-order valence-corrected chi connectivity index (χ1v) is 9.19. The molecule has 0 amide bonds. The second kappa shape index (κ2) is 6.77. The maximum atomic E-state index is 5.46. The molecule has 0 saturated carbocycles. The zero-order valence-electron chi connectivity index (χ0n) is 16.3. The van der Waals surface area contributed by atoms with Gasteiger partial charge < -0.3 is 14.3 Å². The van der Waals surface area contributed by atoms with Gasteiger partial charge in [-0.25, -0.2) is 0 Å². The van der Waals surface area contributed by atoms with Gasteiger partial charge in [0, 0.05) is 44.3 Å². The Labute approximate surface area is 158 Å². The third-order valence-electron chi connectivity index (χ3n) is 4.78. The van der Waals surface area contributed by atoms with E-state index in [-0.39, 0.29) is 5.54 Å². The molecular formula is C19H25N7O. The minimum Gasteiger partial charge on any atom is -0.369 e. The number of likely N-dealkylation sites (N-methyl/N-ethyl adjacent to an activating group) is 1. The van der Waals surface area contributed by atoms with E-state index in [1.807, 2.05) is 23.0 Å². The van der Waals surface area contributed by atoms with Crippen molar-refractivity contribution >= 4 is 5.69 Å². The minimum absolute atomic E-state index is 0.0977. The summed E-state index contributed by atoms with van der Waals surface area (Å²) in [5, 5.41) is 8.51. The van der Waals surface area contributed by atoms with Gasteiger partial charge in [0.25, 0.3) is 5.89 Å². The summed E-state index contributed by atoms with van der Waals surface area (Å²) in [6.45, 7) is 10.4. The number of nitrogens with zero attached hydrogens (tertiary/aromatic N) is 7. The number of rotatable bonds is 3. The van der Waals surface area contributed by atoms with E-state index in [1.165, 1.54) is 0 Å². The topological polar surface area (TPSA) is 76.1 Å². The molecule has 8 heteroatoms. The van der Waals surface area contributed by atoms with Gasteiger partial charge in [0.2, 0.25) is 5.82 Å². The van der Waals surface area contributed by atoms with Gasteiger partial charge >= 0.3 is 0 Å². The van der Waals surface area contributed by atoms with Gasteiger partial charge in [-0.2, -0.15) is 10.1 Å². The Morgan fingerprint density at radius 2 is 1.89 bits per heavy atom. The van der Waals surface area contributed by atoms with Gasteiger partial charge in [-0.05, 0) is 40.0 Å². The summed E-state index contributed by atoms with van der Waals surface area (Å²) in [7, 11) is 2.15. The molecule has 0 spiro atoms. The van der Waals surface area contributed by atoms with Crippen LogP contribution in [0.5, 0.6) is 0 Å². The van der Waals surface area contributed by atoms with Crippen LogP contribution in [0.25, 0.3) is 23.0 Å². The molecule has 1 aliphatic heterocycles. The fourth-order valence-electron chi connectivity index (χ4n) is 3.05. The van der Waals surface area contributed by atoms with Crippen LogP contribution in [-0.2, 0) is 5.54 Å². The first kappa shape index (κ1) is 17.7. The molecular weight excluding hydrogens is 342 g/mol. The first-order chi connectivity index (χ1) is 12.9. The Bertz CT molecular complexity index is 916. The summed E-state index contributed by atoms with van der Waals surface area (Å²) in [6, 6.07) is 4.06. The van der Waals surface area contributed by atoms with Crippen LogP contribution >= 0.6 is 0 Å². The standard InChI is InChI=1S/C19H25N7O/c1-19(2,3)26-13-14(12-21-26)18-22-17(23-27-18)16-11-15(5-6-20-16)25-9-7-24(4)8-10-25/h5-6,11-13H,7-10H2,1-4H3. The number of piperazine rings is 1. The molecule has 0 unspecified atom stereocenters. The molecule has 1 fully saturated rings. The molecule has 0 atom stereocenters. The highest BCUT2D eigenvalue weighted by Gasteiger charge is 2.19. The number of aromatic nitrogens is 5. The molecule has 0 N–H and O–H groups in total. The number of anilines is 1. The lowest BCUT2D eigenvalue weighted by molar-refractivity contribution is 0.313. The Hall–Kier alpha value is -2.74. The van der Waals surface area contributed by atoms with Crippen molar-refractivity contribution in [2.75, 3.05) is 38.1 Å². The number of hydrogen-bond acceptors (Lipinski definition) is 7. The van der Waals surface area contributed by atoms with Crippen molar-refractivity contribution in [2.24, 2.45) is 0 Å². The average Bonchev–Trinajstić information content (AvgIpc) is 3.31. The van der Waals surface area contributed by atoms with Crippen molar-refractivity contribution in [3.8, 4) is 23.0 Å². The van der Waals surface area contributed by atoms with Gasteiger partial charge in [-0.15, -0.1) is 0 Å². The van der Waals surface area contributed by atoms with E-state index in [9.17, 15) is 0 Å². The van der Waals surface area contributed by atoms with E-state index in [1.54, 1.807) is 12.4 Å². The molecule has 0 radical (unpaired) electrons. The van der Waals surface area contributed by atoms with Crippen LogP contribution in [0.4, 0.5) is 5.69 Å². The molecule has 8 nitrogen and oxygen atoms in total. The van der Waals surface area contributed by atoms with Gasteiger partial charge in [0.15, 0.2) is 0 Å². The van der Waals surface area contributed by atoms with Crippen LogP contribution in [0.15, 0.2) is 35.2 Å². The molecule has 0 aliphatic carbocycles. The monoisotopic (exact) mass is 367 g/mol. The second-order valence-corrected chi connectivity index (χ2v) is 7.96. The number of hydrogen-bond donors (Lipinski definition) is 0. The van der Waals surface area contributed by atoms with Crippen molar-refractivity contribution in [1.29, 1.82) is 0 Å². The lowest BCUT2D eigenvalue weighted by Gasteiger charge is -2.34. The van der Waals surface area contributed by atoms with Crippen molar-refractivity contribution < 1.29 is 4.52 Å². The molecule has 1 aliphatic rings. The Morgan fingerprint density at radius 1 is 1.11 bits per heavy atom. The van der Waals surface area contributed by atoms with Crippen LogP contribution in [0, 0.1) is 0 Å². The van der Waals surface area contributed by atoms with Crippen LogP contribution in [-0.4, -0.2) is 63.0 Å². The summed E-state index contributed by atoms with van der Waals surface area (Å²) in [4.78, 5) is 13.6. The summed E-state index contributed by atoms with van der Waals surface area (Å²) in [6.07, 6.45) is 5.47.